The smallest absolute Gasteiger partial charge is 0.138 e. The van der Waals surface area contributed by atoms with E-state index in [1.54, 1.807) is 18.5 Å². The molecule has 2 aromatic rings. The average Bonchev–Trinajstić information content (AvgIpc) is 3.22. The molecule has 2 aromatic heterocycles. The van der Waals surface area contributed by atoms with Crippen LogP contribution >= 0.6 is 11.6 Å². The average molecular weight is 290 g/mol. The third-order valence-corrected chi connectivity index (χ3v) is 3.23. The zero-order chi connectivity index (χ0) is 14.1. The van der Waals surface area contributed by atoms with E-state index in [2.05, 4.69) is 15.0 Å². The van der Waals surface area contributed by atoms with Gasteiger partial charge >= 0.3 is 0 Å². The van der Waals surface area contributed by atoms with Crippen LogP contribution in [0.3, 0.4) is 0 Å². The predicted molar refractivity (Wildman–Crippen MR) is 78.0 cm³/mol. The lowest BCUT2D eigenvalue weighted by Gasteiger charge is -2.10. The number of halogens is 1. The molecule has 0 bridgehead atoms. The van der Waals surface area contributed by atoms with Gasteiger partial charge in [-0.15, -0.1) is 0 Å². The first-order valence-electron chi connectivity index (χ1n) is 6.78. The van der Waals surface area contributed by atoms with Gasteiger partial charge in [0.15, 0.2) is 0 Å². The molecule has 1 aliphatic carbocycles. The van der Waals surface area contributed by atoms with Gasteiger partial charge in [-0.05, 0) is 32.8 Å². The van der Waals surface area contributed by atoms with Crippen LogP contribution in [-0.4, -0.2) is 21.1 Å². The van der Waals surface area contributed by atoms with Crippen molar-refractivity contribution < 1.29 is 4.74 Å². The monoisotopic (exact) mass is 289 g/mol. The fourth-order valence-electron chi connectivity index (χ4n) is 2.00. The zero-order valence-corrected chi connectivity index (χ0v) is 12.3. The molecule has 1 aliphatic rings. The summed E-state index contributed by atoms with van der Waals surface area (Å²) in [6.45, 7) is 3.97. The van der Waals surface area contributed by atoms with Gasteiger partial charge in [-0.25, -0.2) is 9.97 Å². The van der Waals surface area contributed by atoms with Crippen LogP contribution in [0.1, 0.15) is 38.4 Å². The van der Waals surface area contributed by atoms with Crippen LogP contribution in [-0.2, 0) is 0 Å². The van der Waals surface area contributed by atoms with Crippen LogP contribution in [0.25, 0.3) is 11.3 Å². The number of aromatic nitrogens is 3. The van der Waals surface area contributed by atoms with Gasteiger partial charge in [-0.1, -0.05) is 11.6 Å². The number of hydrogen-bond acceptors (Lipinski definition) is 4. The molecule has 0 amide bonds. The van der Waals surface area contributed by atoms with E-state index in [4.69, 9.17) is 16.3 Å². The maximum absolute atomic E-state index is 6.09. The minimum absolute atomic E-state index is 0.114. The highest BCUT2D eigenvalue weighted by Crippen LogP contribution is 2.39. The largest absolute Gasteiger partial charge is 0.489 e. The lowest BCUT2D eigenvalue weighted by Crippen LogP contribution is -2.05. The van der Waals surface area contributed by atoms with Crippen molar-refractivity contribution in [2.75, 3.05) is 0 Å². The van der Waals surface area contributed by atoms with Crippen LogP contribution in [0.2, 0.25) is 5.15 Å². The first kappa shape index (κ1) is 13.3. The Morgan fingerprint density at radius 1 is 1.20 bits per heavy atom. The summed E-state index contributed by atoms with van der Waals surface area (Å²) >= 11 is 6.09. The number of rotatable bonds is 4. The molecule has 0 N–H and O–H groups in total. The lowest BCUT2D eigenvalue weighted by molar-refractivity contribution is 0.241. The third kappa shape index (κ3) is 3.07. The Labute approximate surface area is 123 Å². The van der Waals surface area contributed by atoms with Gasteiger partial charge in [0.05, 0.1) is 18.0 Å². The fraction of sp³-hybridized carbons (Fsp3) is 0.400. The molecular weight excluding hydrogens is 274 g/mol. The molecule has 0 atom stereocenters. The van der Waals surface area contributed by atoms with Gasteiger partial charge < -0.3 is 4.74 Å². The maximum atomic E-state index is 6.09. The minimum Gasteiger partial charge on any atom is -0.489 e. The van der Waals surface area contributed by atoms with Crippen molar-refractivity contribution in [2.24, 2.45) is 0 Å². The van der Waals surface area contributed by atoms with Crippen molar-refractivity contribution in [3.63, 3.8) is 0 Å². The Morgan fingerprint density at radius 2 is 2.00 bits per heavy atom. The molecule has 0 aromatic carbocycles. The van der Waals surface area contributed by atoms with Crippen molar-refractivity contribution in [1.29, 1.82) is 0 Å². The first-order chi connectivity index (χ1) is 9.61. The summed E-state index contributed by atoms with van der Waals surface area (Å²) < 4.78 is 5.66. The van der Waals surface area contributed by atoms with Gasteiger partial charge in [0, 0.05) is 23.7 Å². The molecule has 104 valence electrons. The van der Waals surface area contributed by atoms with E-state index < -0.39 is 0 Å². The molecule has 0 unspecified atom stereocenters. The van der Waals surface area contributed by atoms with E-state index in [-0.39, 0.29) is 6.10 Å². The number of hydrogen-bond donors (Lipinski definition) is 0. The standard InChI is InChI=1S/C15H16ClN3O/c1-9(2)20-12-5-11(7-17-8-12)13-6-14(16)19-15(18-13)10-3-4-10/h5-10H,3-4H2,1-2H3. The van der Waals surface area contributed by atoms with Crippen molar-refractivity contribution in [2.45, 2.75) is 38.7 Å². The first-order valence-corrected chi connectivity index (χ1v) is 7.16. The maximum Gasteiger partial charge on any atom is 0.138 e. The Kier molecular flexibility index (Phi) is 3.57. The van der Waals surface area contributed by atoms with Crippen molar-refractivity contribution in [3.05, 3.63) is 35.5 Å². The van der Waals surface area contributed by atoms with E-state index in [9.17, 15) is 0 Å². The van der Waals surface area contributed by atoms with Crippen molar-refractivity contribution in [3.8, 4) is 17.0 Å². The molecule has 1 saturated carbocycles. The molecule has 3 rings (SSSR count). The highest BCUT2D eigenvalue weighted by Gasteiger charge is 2.27. The Morgan fingerprint density at radius 3 is 2.70 bits per heavy atom. The minimum atomic E-state index is 0.114. The van der Waals surface area contributed by atoms with E-state index in [1.807, 2.05) is 19.9 Å². The molecule has 5 heteroatoms. The summed E-state index contributed by atoms with van der Waals surface area (Å²) in [5, 5.41) is 0.479. The van der Waals surface area contributed by atoms with Crippen molar-refractivity contribution >= 4 is 11.6 Å². The van der Waals surface area contributed by atoms with Crippen LogP contribution in [0.4, 0.5) is 0 Å². The highest BCUT2D eigenvalue weighted by atomic mass is 35.5. The van der Waals surface area contributed by atoms with Crippen LogP contribution < -0.4 is 4.74 Å². The summed E-state index contributed by atoms with van der Waals surface area (Å²) in [6, 6.07) is 3.70. The Bertz CT molecular complexity index is 626. The van der Waals surface area contributed by atoms with E-state index in [0.717, 1.165) is 35.7 Å². The quantitative estimate of drug-likeness (QED) is 0.802. The second-order valence-corrected chi connectivity index (χ2v) is 5.67. The van der Waals surface area contributed by atoms with Gasteiger partial charge in [0.2, 0.25) is 0 Å². The number of pyridine rings is 1. The Balaban J connectivity index is 1.95. The van der Waals surface area contributed by atoms with Crippen LogP contribution in [0.5, 0.6) is 5.75 Å². The highest BCUT2D eigenvalue weighted by molar-refractivity contribution is 6.29. The molecule has 0 spiro atoms. The summed E-state index contributed by atoms with van der Waals surface area (Å²) in [4.78, 5) is 13.1. The van der Waals surface area contributed by atoms with Crippen molar-refractivity contribution in [1.82, 2.24) is 15.0 Å². The summed E-state index contributed by atoms with van der Waals surface area (Å²) in [7, 11) is 0. The van der Waals surface area contributed by atoms with Gasteiger partial charge in [0.1, 0.15) is 16.7 Å². The third-order valence-electron chi connectivity index (χ3n) is 3.04. The second kappa shape index (κ2) is 5.37. The molecule has 1 fully saturated rings. The molecule has 4 nitrogen and oxygen atoms in total. The fourth-order valence-corrected chi connectivity index (χ4v) is 2.19. The lowest BCUT2D eigenvalue weighted by atomic mass is 10.2. The van der Waals surface area contributed by atoms with Gasteiger partial charge in [0.25, 0.3) is 0 Å². The summed E-state index contributed by atoms with van der Waals surface area (Å²) in [6.07, 6.45) is 5.88. The topological polar surface area (TPSA) is 47.9 Å². The van der Waals surface area contributed by atoms with Gasteiger partial charge in [-0.2, -0.15) is 0 Å². The number of nitrogens with zero attached hydrogens (tertiary/aromatic N) is 3. The summed E-state index contributed by atoms with van der Waals surface area (Å²) in [5.74, 6) is 2.04. The molecule has 20 heavy (non-hydrogen) atoms. The van der Waals surface area contributed by atoms with Crippen LogP contribution in [0.15, 0.2) is 24.5 Å². The van der Waals surface area contributed by atoms with E-state index in [0.29, 0.717) is 11.1 Å². The molecule has 0 aliphatic heterocycles. The van der Waals surface area contributed by atoms with Crippen LogP contribution in [0, 0.1) is 0 Å². The number of ether oxygens (including phenoxy) is 1. The predicted octanol–water partition coefficient (Wildman–Crippen LogP) is 3.86. The molecule has 0 radical (unpaired) electrons. The molecule has 0 saturated heterocycles. The summed E-state index contributed by atoms with van der Waals surface area (Å²) in [5.41, 5.74) is 1.70. The normalized spacial score (nSPS) is 14.6. The Hall–Kier alpha value is -1.68. The van der Waals surface area contributed by atoms with E-state index >= 15 is 0 Å². The second-order valence-electron chi connectivity index (χ2n) is 5.28. The van der Waals surface area contributed by atoms with Gasteiger partial charge in [-0.3, -0.25) is 4.98 Å². The molecule has 2 heterocycles. The zero-order valence-electron chi connectivity index (χ0n) is 11.5. The molecular formula is C15H16ClN3O. The SMILES string of the molecule is CC(C)Oc1cncc(-c2cc(Cl)nc(C3CC3)n2)c1. The van der Waals surface area contributed by atoms with E-state index in [1.165, 1.54) is 0 Å².